The average molecular weight is 515 g/mol. The number of guanidine groups is 1. The number of nitrogens with zero attached hydrogens (tertiary/aromatic N) is 3. The van der Waals surface area contributed by atoms with Gasteiger partial charge in [-0.2, -0.15) is 0 Å². The number of rotatable bonds is 6. The number of aryl methyl sites for hydroxylation is 1. The third-order valence-corrected chi connectivity index (χ3v) is 5.79. The van der Waals surface area contributed by atoms with Crippen molar-refractivity contribution in [3.63, 3.8) is 0 Å². The first kappa shape index (κ1) is 23.1. The minimum absolute atomic E-state index is 0. The Morgan fingerprint density at radius 3 is 2.93 bits per heavy atom. The van der Waals surface area contributed by atoms with E-state index in [0.29, 0.717) is 12.6 Å². The molecular formula is C20H30IN5OS. The smallest absolute Gasteiger partial charge is 0.191 e. The number of ether oxygens (including phenoxy) is 1. The molecule has 1 saturated heterocycles. The molecule has 1 aliphatic rings. The van der Waals surface area contributed by atoms with Crippen molar-refractivity contribution in [3.05, 3.63) is 52.0 Å². The molecule has 3 rings (SSSR count). The minimum Gasteiger partial charge on any atom is -0.376 e. The van der Waals surface area contributed by atoms with Crippen LogP contribution in [-0.4, -0.2) is 55.2 Å². The first-order chi connectivity index (χ1) is 13.2. The lowest BCUT2D eigenvalue weighted by Crippen LogP contribution is -2.48. The van der Waals surface area contributed by atoms with Crippen molar-refractivity contribution in [2.24, 2.45) is 4.99 Å². The minimum atomic E-state index is 0. The number of morpholine rings is 1. The molecule has 0 aliphatic carbocycles. The summed E-state index contributed by atoms with van der Waals surface area (Å²) in [4.78, 5) is 12.7. The van der Waals surface area contributed by atoms with Crippen LogP contribution in [0.3, 0.4) is 0 Å². The zero-order valence-corrected chi connectivity index (χ0v) is 19.9. The zero-order valence-electron chi connectivity index (χ0n) is 16.7. The molecule has 0 saturated carbocycles. The monoisotopic (exact) mass is 515 g/mol. The van der Waals surface area contributed by atoms with Crippen LogP contribution < -0.4 is 10.6 Å². The van der Waals surface area contributed by atoms with Gasteiger partial charge in [0.25, 0.3) is 0 Å². The van der Waals surface area contributed by atoms with Gasteiger partial charge in [-0.25, -0.2) is 0 Å². The summed E-state index contributed by atoms with van der Waals surface area (Å²) in [5.41, 5.74) is 2.22. The Bertz CT molecular complexity index is 740. The molecule has 2 aromatic heterocycles. The van der Waals surface area contributed by atoms with E-state index < -0.39 is 0 Å². The van der Waals surface area contributed by atoms with Gasteiger partial charge in [0.2, 0.25) is 0 Å². The maximum Gasteiger partial charge on any atom is 0.191 e. The van der Waals surface area contributed by atoms with Gasteiger partial charge in [-0.05, 0) is 36.9 Å². The third-order valence-electron chi connectivity index (χ3n) is 4.81. The molecule has 0 bridgehead atoms. The number of aromatic nitrogens is 1. The Labute approximate surface area is 188 Å². The van der Waals surface area contributed by atoms with Crippen LogP contribution in [0.25, 0.3) is 0 Å². The zero-order chi connectivity index (χ0) is 19.1. The lowest BCUT2D eigenvalue weighted by molar-refractivity contribution is -0.0334. The highest BCUT2D eigenvalue weighted by molar-refractivity contribution is 14.0. The molecule has 6 nitrogen and oxygen atoms in total. The molecule has 8 heteroatoms. The lowest BCUT2D eigenvalue weighted by Gasteiger charge is -2.37. The molecule has 1 aliphatic heterocycles. The van der Waals surface area contributed by atoms with Gasteiger partial charge in [-0.3, -0.25) is 14.9 Å². The van der Waals surface area contributed by atoms with Crippen molar-refractivity contribution in [2.45, 2.75) is 32.5 Å². The average Bonchev–Trinajstić information content (AvgIpc) is 3.20. The number of halogens is 1. The standard InChI is InChI=1S/C20H29N5OS.HI/c1-15-6-4-8-22-17(15)12-23-20(21-3)24-13-18(19-7-5-11-27-19)25-9-10-26-16(2)14-25;/h4-8,11,16,18H,9-10,12-14H2,1-3H3,(H2,21,23,24);1H. The molecule has 3 heterocycles. The second-order valence-corrected chi connectivity index (χ2v) is 7.76. The van der Waals surface area contributed by atoms with Crippen LogP contribution in [0.5, 0.6) is 0 Å². The van der Waals surface area contributed by atoms with Gasteiger partial charge >= 0.3 is 0 Å². The van der Waals surface area contributed by atoms with Gasteiger partial charge in [-0.1, -0.05) is 12.1 Å². The molecular weight excluding hydrogens is 485 g/mol. The Hall–Kier alpha value is -1.23. The molecule has 2 N–H and O–H groups in total. The van der Waals surface area contributed by atoms with Crippen LogP contribution in [0.4, 0.5) is 0 Å². The largest absolute Gasteiger partial charge is 0.376 e. The SMILES string of the molecule is CN=C(NCc1ncccc1C)NCC(c1cccs1)N1CCOC(C)C1.I. The number of thiophene rings is 1. The number of hydrogen-bond acceptors (Lipinski definition) is 5. The topological polar surface area (TPSA) is 61.8 Å². The first-order valence-electron chi connectivity index (χ1n) is 9.41. The molecule has 28 heavy (non-hydrogen) atoms. The third kappa shape index (κ3) is 6.40. The molecule has 1 fully saturated rings. The number of nitrogens with one attached hydrogen (secondary N) is 2. The fourth-order valence-corrected chi connectivity index (χ4v) is 4.16. The Balaban J connectivity index is 0.00000280. The predicted octanol–water partition coefficient (Wildman–Crippen LogP) is 3.20. The van der Waals surface area contributed by atoms with E-state index in [1.807, 2.05) is 12.3 Å². The molecule has 0 aromatic carbocycles. The van der Waals surface area contributed by atoms with E-state index in [1.165, 1.54) is 10.4 Å². The molecule has 2 atom stereocenters. The maximum atomic E-state index is 5.72. The van der Waals surface area contributed by atoms with Crippen molar-refractivity contribution >= 4 is 41.3 Å². The highest BCUT2D eigenvalue weighted by atomic mass is 127. The second-order valence-electron chi connectivity index (χ2n) is 6.78. The van der Waals surface area contributed by atoms with Crippen LogP contribution in [0.2, 0.25) is 0 Å². The van der Waals surface area contributed by atoms with Crippen LogP contribution >= 0.6 is 35.3 Å². The van der Waals surface area contributed by atoms with Gasteiger partial charge in [-0.15, -0.1) is 35.3 Å². The molecule has 0 amide bonds. The molecule has 0 spiro atoms. The summed E-state index contributed by atoms with van der Waals surface area (Å²) in [7, 11) is 1.80. The second kappa shape index (κ2) is 11.7. The molecule has 154 valence electrons. The number of pyridine rings is 1. The molecule has 0 radical (unpaired) electrons. The molecule has 2 aromatic rings. The molecule has 2 unspecified atom stereocenters. The van der Waals surface area contributed by atoms with Gasteiger partial charge in [0.05, 0.1) is 31.0 Å². The van der Waals surface area contributed by atoms with Gasteiger partial charge in [0.1, 0.15) is 0 Å². The normalized spacial score (nSPS) is 19.0. The van der Waals surface area contributed by atoms with E-state index in [0.717, 1.165) is 37.9 Å². The fraction of sp³-hybridized carbons (Fsp3) is 0.500. The van der Waals surface area contributed by atoms with E-state index in [4.69, 9.17) is 4.74 Å². The summed E-state index contributed by atoms with van der Waals surface area (Å²) in [5.74, 6) is 0.794. The van der Waals surface area contributed by atoms with E-state index >= 15 is 0 Å². The number of hydrogen-bond donors (Lipinski definition) is 2. The van der Waals surface area contributed by atoms with Crippen LogP contribution in [0, 0.1) is 6.92 Å². The Kier molecular flexibility index (Phi) is 9.63. The fourth-order valence-electron chi connectivity index (χ4n) is 3.30. The van der Waals surface area contributed by atoms with Gasteiger partial charge in [0, 0.05) is 37.8 Å². The lowest BCUT2D eigenvalue weighted by atomic mass is 10.1. The van der Waals surface area contributed by atoms with E-state index in [1.54, 1.807) is 18.4 Å². The van der Waals surface area contributed by atoms with Crippen LogP contribution in [0.15, 0.2) is 40.8 Å². The van der Waals surface area contributed by atoms with E-state index in [2.05, 4.69) is 62.9 Å². The number of aliphatic imine (C=N–C) groups is 1. The van der Waals surface area contributed by atoms with E-state index in [-0.39, 0.29) is 30.1 Å². The highest BCUT2D eigenvalue weighted by Crippen LogP contribution is 2.26. The van der Waals surface area contributed by atoms with Gasteiger partial charge < -0.3 is 15.4 Å². The summed E-state index contributed by atoms with van der Waals surface area (Å²) in [6.45, 7) is 8.36. The summed E-state index contributed by atoms with van der Waals surface area (Å²) in [6.07, 6.45) is 2.10. The van der Waals surface area contributed by atoms with Crippen molar-refractivity contribution < 1.29 is 4.74 Å². The Morgan fingerprint density at radius 1 is 1.39 bits per heavy atom. The van der Waals surface area contributed by atoms with Crippen molar-refractivity contribution in [1.82, 2.24) is 20.5 Å². The summed E-state index contributed by atoms with van der Waals surface area (Å²) in [6, 6.07) is 8.68. The first-order valence-corrected chi connectivity index (χ1v) is 10.3. The predicted molar refractivity (Wildman–Crippen MR) is 127 cm³/mol. The van der Waals surface area contributed by atoms with Crippen LogP contribution in [-0.2, 0) is 11.3 Å². The van der Waals surface area contributed by atoms with Crippen molar-refractivity contribution in [2.75, 3.05) is 33.3 Å². The summed E-state index contributed by atoms with van der Waals surface area (Å²) >= 11 is 1.80. The highest BCUT2D eigenvalue weighted by Gasteiger charge is 2.26. The van der Waals surface area contributed by atoms with Crippen molar-refractivity contribution in [1.29, 1.82) is 0 Å². The van der Waals surface area contributed by atoms with Gasteiger partial charge in [0.15, 0.2) is 5.96 Å². The maximum absolute atomic E-state index is 5.72. The Morgan fingerprint density at radius 2 is 2.25 bits per heavy atom. The summed E-state index contributed by atoms with van der Waals surface area (Å²) < 4.78 is 5.72. The van der Waals surface area contributed by atoms with E-state index in [9.17, 15) is 0 Å². The summed E-state index contributed by atoms with van der Waals surface area (Å²) in [5, 5.41) is 9.01. The van der Waals surface area contributed by atoms with Crippen LogP contribution in [0.1, 0.15) is 29.1 Å². The van der Waals surface area contributed by atoms with Crippen molar-refractivity contribution in [3.8, 4) is 0 Å². The quantitative estimate of drug-likeness (QED) is 0.352.